The van der Waals surface area contributed by atoms with Crippen molar-refractivity contribution >= 4 is 25.6 Å². The molecular weight excluding hydrogens is 306 g/mol. The lowest BCUT2D eigenvalue weighted by Crippen LogP contribution is -2.32. The Hall–Kier alpha value is -1.45. The van der Waals surface area contributed by atoms with E-state index in [0.717, 1.165) is 24.6 Å². The normalized spacial score (nSPS) is 13.9. The minimum absolute atomic E-state index is 0.0953. The maximum Gasteiger partial charge on any atom is 0.320 e. The van der Waals surface area contributed by atoms with Gasteiger partial charge in [0.2, 0.25) is 0 Å². The second-order valence-electron chi connectivity index (χ2n) is 4.47. The van der Waals surface area contributed by atoms with Gasteiger partial charge in [-0.1, -0.05) is 6.07 Å². The van der Waals surface area contributed by atoms with Gasteiger partial charge in [0.05, 0.1) is 9.79 Å². The van der Waals surface area contributed by atoms with Crippen LogP contribution in [0, 0.1) is 0 Å². The van der Waals surface area contributed by atoms with Crippen LogP contribution in [0.1, 0.15) is 5.56 Å². The number of benzene rings is 1. The first-order valence-electron chi connectivity index (χ1n) is 5.44. The molecule has 0 aromatic heterocycles. The second kappa shape index (κ2) is 5.51. The zero-order valence-electron chi connectivity index (χ0n) is 10.9. The van der Waals surface area contributed by atoms with E-state index >= 15 is 0 Å². The first-order chi connectivity index (χ1) is 8.93. The highest BCUT2D eigenvalue weighted by molar-refractivity contribution is 7.93. The zero-order chi connectivity index (χ0) is 15.7. The highest BCUT2D eigenvalue weighted by Gasteiger charge is 2.22. The fraction of sp³-hybridized carbons (Fsp3) is 0.364. The lowest BCUT2D eigenvalue weighted by molar-refractivity contribution is -0.138. The molecule has 0 bridgehead atoms. The molecule has 1 aromatic rings. The molecule has 0 spiro atoms. The van der Waals surface area contributed by atoms with Gasteiger partial charge in [0.1, 0.15) is 6.04 Å². The molecule has 112 valence electrons. The predicted octanol–water partition coefficient (Wildman–Crippen LogP) is -0.552. The van der Waals surface area contributed by atoms with E-state index in [1.54, 1.807) is 0 Å². The van der Waals surface area contributed by atoms with E-state index in [2.05, 4.69) is 0 Å². The summed E-state index contributed by atoms with van der Waals surface area (Å²) >= 11 is 0. The summed E-state index contributed by atoms with van der Waals surface area (Å²) in [5.74, 6) is -1.22. The summed E-state index contributed by atoms with van der Waals surface area (Å²) in [6.45, 7) is 0. The largest absolute Gasteiger partial charge is 0.480 e. The predicted molar refractivity (Wildman–Crippen MR) is 72.0 cm³/mol. The molecule has 1 unspecified atom stereocenters. The Morgan fingerprint density at radius 3 is 2.05 bits per heavy atom. The van der Waals surface area contributed by atoms with Crippen LogP contribution in [0.5, 0.6) is 0 Å². The molecule has 9 heteroatoms. The first kappa shape index (κ1) is 16.6. The van der Waals surface area contributed by atoms with Crippen molar-refractivity contribution in [2.24, 2.45) is 5.73 Å². The number of aliphatic carboxylic acids is 1. The Morgan fingerprint density at radius 2 is 1.65 bits per heavy atom. The third-order valence-electron chi connectivity index (χ3n) is 2.58. The Bertz CT molecular complexity index is 736. The topological polar surface area (TPSA) is 132 Å². The molecular formula is C11H15NO6S2. The maximum absolute atomic E-state index is 11.7. The average molecular weight is 321 g/mol. The molecule has 0 saturated heterocycles. The van der Waals surface area contributed by atoms with Gasteiger partial charge in [-0.25, -0.2) is 16.8 Å². The molecule has 0 aliphatic rings. The highest BCUT2D eigenvalue weighted by atomic mass is 32.2. The van der Waals surface area contributed by atoms with Crippen molar-refractivity contribution in [3.8, 4) is 0 Å². The van der Waals surface area contributed by atoms with Crippen molar-refractivity contribution in [1.29, 1.82) is 0 Å². The molecule has 0 amide bonds. The summed E-state index contributed by atoms with van der Waals surface area (Å²) in [6, 6.07) is 2.46. The van der Waals surface area contributed by atoms with E-state index in [4.69, 9.17) is 10.8 Å². The number of sulfone groups is 2. The number of hydrogen-bond donors (Lipinski definition) is 2. The molecule has 0 saturated carbocycles. The summed E-state index contributed by atoms with van der Waals surface area (Å²) < 4.78 is 46.4. The Balaban J connectivity index is 3.41. The molecule has 0 radical (unpaired) electrons. The molecule has 3 N–H and O–H groups in total. The quantitative estimate of drug-likeness (QED) is 0.743. The average Bonchev–Trinajstić information content (AvgIpc) is 2.26. The fourth-order valence-corrected chi connectivity index (χ4v) is 4.06. The fourth-order valence-electron chi connectivity index (χ4n) is 1.62. The van der Waals surface area contributed by atoms with Gasteiger partial charge in [-0.05, 0) is 24.1 Å². The monoisotopic (exact) mass is 321 g/mol. The molecule has 0 fully saturated rings. The molecule has 20 heavy (non-hydrogen) atoms. The summed E-state index contributed by atoms with van der Waals surface area (Å²) in [5, 5.41) is 8.72. The standard InChI is InChI=1S/C11H15NO6S2/c1-19(15,16)9-4-3-7(5-8(12)11(13)14)6-10(9)20(2,17)18/h3-4,6,8H,5,12H2,1-2H3,(H,13,14). The van der Waals surface area contributed by atoms with E-state index in [0.29, 0.717) is 5.56 Å². The molecule has 1 aromatic carbocycles. The van der Waals surface area contributed by atoms with Crippen LogP contribution >= 0.6 is 0 Å². The van der Waals surface area contributed by atoms with Crippen LogP contribution in [-0.4, -0.2) is 46.5 Å². The van der Waals surface area contributed by atoms with Crippen molar-refractivity contribution in [1.82, 2.24) is 0 Å². The summed E-state index contributed by atoms with van der Waals surface area (Å²) in [7, 11) is -7.47. The SMILES string of the molecule is CS(=O)(=O)c1ccc(CC(N)C(=O)O)cc1S(C)(=O)=O. The van der Waals surface area contributed by atoms with Crippen LogP contribution in [0.15, 0.2) is 28.0 Å². The molecule has 0 heterocycles. The van der Waals surface area contributed by atoms with Gasteiger partial charge >= 0.3 is 5.97 Å². The Labute approximate surface area is 117 Å². The third kappa shape index (κ3) is 4.02. The van der Waals surface area contributed by atoms with Crippen LogP contribution < -0.4 is 5.73 Å². The van der Waals surface area contributed by atoms with Crippen LogP contribution in [0.3, 0.4) is 0 Å². The van der Waals surface area contributed by atoms with Gasteiger partial charge < -0.3 is 10.8 Å². The van der Waals surface area contributed by atoms with Crippen LogP contribution in [0.4, 0.5) is 0 Å². The Morgan fingerprint density at radius 1 is 1.15 bits per heavy atom. The van der Waals surface area contributed by atoms with Crippen LogP contribution in [-0.2, 0) is 30.9 Å². The van der Waals surface area contributed by atoms with Gasteiger partial charge in [-0.2, -0.15) is 0 Å². The third-order valence-corrected chi connectivity index (χ3v) is 5.00. The van der Waals surface area contributed by atoms with E-state index in [9.17, 15) is 21.6 Å². The Kier molecular flexibility index (Phi) is 4.57. The minimum Gasteiger partial charge on any atom is -0.480 e. The van der Waals surface area contributed by atoms with Gasteiger partial charge in [0.15, 0.2) is 19.7 Å². The van der Waals surface area contributed by atoms with E-state index < -0.39 is 31.7 Å². The smallest absolute Gasteiger partial charge is 0.320 e. The molecule has 7 nitrogen and oxygen atoms in total. The first-order valence-corrected chi connectivity index (χ1v) is 9.22. The van der Waals surface area contributed by atoms with Crippen molar-refractivity contribution in [3.05, 3.63) is 23.8 Å². The number of rotatable bonds is 5. The highest BCUT2D eigenvalue weighted by Crippen LogP contribution is 2.23. The van der Waals surface area contributed by atoms with Crippen LogP contribution in [0.2, 0.25) is 0 Å². The molecule has 1 atom stereocenters. The molecule has 0 aliphatic heterocycles. The van der Waals surface area contributed by atoms with Gasteiger partial charge in [0, 0.05) is 12.5 Å². The second-order valence-corrected chi connectivity index (χ2v) is 8.44. The van der Waals surface area contributed by atoms with Crippen LogP contribution in [0.25, 0.3) is 0 Å². The molecule has 0 aliphatic carbocycles. The van der Waals surface area contributed by atoms with Crippen molar-refractivity contribution in [2.45, 2.75) is 22.3 Å². The van der Waals surface area contributed by atoms with Crippen molar-refractivity contribution < 1.29 is 26.7 Å². The van der Waals surface area contributed by atoms with Crippen molar-refractivity contribution in [3.63, 3.8) is 0 Å². The lowest BCUT2D eigenvalue weighted by Gasteiger charge is -2.11. The lowest BCUT2D eigenvalue weighted by atomic mass is 10.1. The molecule has 1 rings (SSSR count). The summed E-state index contributed by atoms with van der Waals surface area (Å²) in [4.78, 5) is 10.0. The van der Waals surface area contributed by atoms with Gasteiger partial charge in [-0.15, -0.1) is 0 Å². The number of carbonyl (C=O) groups is 1. The zero-order valence-corrected chi connectivity index (χ0v) is 12.5. The van der Waals surface area contributed by atoms with Crippen molar-refractivity contribution in [2.75, 3.05) is 12.5 Å². The summed E-state index contributed by atoms with van der Waals surface area (Å²) in [5.41, 5.74) is 5.70. The van der Waals surface area contributed by atoms with E-state index in [-0.39, 0.29) is 16.2 Å². The summed E-state index contributed by atoms with van der Waals surface area (Å²) in [6.07, 6.45) is 1.69. The van der Waals surface area contributed by atoms with Gasteiger partial charge in [-0.3, -0.25) is 4.79 Å². The number of hydrogen-bond acceptors (Lipinski definition) is 6. The number of nitrogens with two attached hydrogens (primary N) is 1. The number of carboxylic acids is 1. The minimum atomic E-state index is -3.76. The number of carboxylic acid groups (broad SMARTS) is 1. The maximum atomic E-state index is 11.7. The van der Waals surface area contributed by atoms with E-state index in [1.807, 2.05) is 0 Å². The van der Waals surface area contributed by atoms with Gasteiger partial charge in [0.25, 0.3) is 0 Å². The van der Waals surface area contributed by atoms with E-state index in [1.165, 1.54) is 6.07 Å².